The first-order valence-corrected chi connectivity index (χ1v) is 9.27. The molecule has 2 fully saturated rings. The molecule has 0 radical (unpaired) electrons. The van der Waals surface area contributed by atoms with Crippen molar-refractivity contribution in [3.05, 3.63) is 24.0 Å². The molecule has 8 heteroatoms. The first-order chi connectivity index (χ1) is 11.0. The van der Waals surface area contributed by atoms with Crippen LogP contribution in [0.2, 0.25) is 0 Å². The van der Waals surface area contributed by atoms with Crippen LogP contribution in [0.1, 0.15) is 25.7 Å². The van der Waals surface area contributed by atoms with Gasteiger partial charge in [0.25, 0.3) is 0 Å². The summed E-state index contributed by atoms with van der Waals surface area (Å²) in [4.78, 5) is 11.8. The van der Waals surface area contributed by atoms with E-state index in [2.05, 4.69) is 15.4 Å². The van der Waals surface area contributed by atoms with Crippen molar-refractivity contribution < 1.29 is 17.6 Å². The molecule has 1 amide bonds. The number of sulfonamides is 1. The molecule has 23 heavy (non-hydrogen) atoms. The van der Waals surface area contributed by atoms with Crippen LogP contribution >= 0.6 is 0 Å². The van der Waals surface area contributed by atoms with Crippen molar-refractivity contribution in [1.82, 2.24) is 10.0 Å². The number of hydrogen-bond donors (Lipinski definition) is 3. The minimum Gasteiger partial charge on any atom is -0.326 e. The zero-order chi connectivity index (χ0) is 16.4. The first kappa shape index (κ1) is 16.4. The molecular weight excluding hydrogens is 321 g/mol. The highest BCUT2D eigenvalue weighted by atomic mass is 32.2. The molecule has 6 nitrogen and oxygen atoms in total. The molecule has 126 valence electrons. The third-order valence-electron chi connectivity index (χ3n) is 4.10. The molecule has 0 unspecified atom stereocenters. The summed E-state index contributed by atoms with van der Waals surface area (Å²) in [5.41, 5.74) is 0.297. The van der Waals surface area contributed by atoms with Crippen LogP contribution in [0.3, 0.4) is 0 Å². The van der Waals surface area contributed by atoms with Gasteiger partial charge in [-0.15, -0.1) is 0 Å². The minimum atomic E-state index is -3.90. The summed E-state index contributed by atoms with van der Waals surface area (Å²) in [6, 6.07) is 3.52. The van der Waals surface area contributed by atoms with E-state index in [1.165, 1.54) is 12.1 Å². The highest BCUT2D eigenvalue weighted by Gasteiger charge is 2.30. The highest BCUT2D eigenvalue weighted by Crippen LogP contribution is 2.25. The zero-order valence-corrected chi connectivity index (χ0v) is 13.5. The number of anilines is 1. The van der Waals surface area contributed by atoms with Crippen LogP contribution in [0.5, 0.6) is 0 Å². The van der Waals surface area contributed by atoms with E-state index < -0.39 is 20.7 Å². The van der Waals surface area contributed by atoms with Crippen LogP contribution in [0.4, 0.5) is 10.1 Å². The molecule has 1 heterocycles. The van der Waals surface area contributed by atoms with Crippen molar-refractivity contribution in [2.45, 2.75) is 36.6 Å². The molecular formula is C15H20FN3O3S. The molecule has 1 saturated heterocycles. The molecule has 1 saturated carbocycles. The first-order valence-electron chi connectivity index (χ1n) is 7.79. The Labute approximate surface area is 134 Å². The van der Waals surface area contributed by atoms with Crippen molar-refractivity contribution in [3.8, 4) is 0 Å². The van der Waals surface area contributed by atoms with E-state index in [4.69, 9.17) is 0 Å². The molecule has 2 aliphatic rings. The average Bonchev–Trinajstić information content (AvgIpc) is 3.33. The Morgan fingerprint density at radius 3 is 2.52 bits per heavy atom. The van der Waals surface area contributed by atoms with Crippen LogP contribution in [0, 0.1) is 11.7 Å². The van der Waals surface area contributed by atoms with Gasteiger partial charge in [0.1, 0.15) is 10.7 Å². The van der Waals surface area contributed by atoms with E-state index >= 15 is 0 Å². The number of carbonyl (C=O) groups is 1. The maximum Gasteiger partial charge on any atom is 0.243 e. The molecule has 0 spiro atoms. The SMILES string of the molecule is O=C(Nc1ccc(F)c(S(=O)(=O)NC2CC2)c1)C1CCNCC1. The molecule has 1 aliphatic carbocycles. The second kappa shape index (κ2) is 6.54. The molecule has 1 aliphatic heterocycles. The summed E-state index contributed by atoms with van der Waals surface area (Å²) in [7, 11) is -3.90. The van der Waals surface area contributed by atoms with Gasteiger partial charge >= 0.3 is 0 Å². The molecule has 0 atom stereocenters. The smallest absolute Gasteiger partial charge is 0.243 e. The maximum absolute atomic E-state index is 13.9. The molecule has 0 bridgehead atoms. The standard InChI is InChI=1S/C15H20FN3O3S/c16-13-4-3-12(18-15(20)10-5-7-17-8-6-10)9-14(13)23(21,22)19-11-1-2-11/h3-4,9-11,17,19H,1-2,5-8H2,(H,18,20). The van der Waals surface area contributed by atoms with E-state index in [0.29, 0.717) is 5.69 Å². The third-order valence-corrected chi connectivity index (χ3v) is 5.63. The van der Waals surface area contributed by atoms with Gasteiger partial charge in [0.15, 0.2) is 0 Å². The largest absolute Gasteiger partial charge is 0.326 e. The predicted molar refractivity (Wildman–Crippen MR) is 84.0 cm³/mol. The number of halogens is 1. The fraction of sp³-hybridized carbons (Fsp3) is 0.533. The molecule has 3 rings (SSSR count). The average molecular weight is 341 g/mol. The fourth-order valence-corrected chi connectivity index (χ4v) is 4.01. The van der Waals surface area contributed by atoms with Crippen LogP contribution in [-0.2, 0) is 14.8 Å². The molecule has 1 aromatic carbocycles. The summed E-state index contributed by atoms with van der Waals surface area (Å²) in [5.74, 6) is -1.08. The second-order valence-corrected chi connectivity index (χ2v) is 7.74. The van der Waals surface area contributed by atoms with Gasteiger partial charge < -0.3 is 10.6 Å². The van der Waals surface area contributed by atoms with Crippen molar-refractivity contribution in [2.75, 3.05) is 18.4 Å². The monoisotopic (exact) mass is 341 g/mol. The number of hydrogen-bond acceptors (Lipinski definition) is 4. The number of benzene rings is 1. The van der Waals surface area contributed by atoms with E-state index in [1.54, 1.807) is 0 Å². The maximum atomic E-state index is 13.9. The number of amides is 1. The second-order valence-electron chi connectivity index (χ2n) is 6.05. The summed E-state index contributed by atoms with van der Waals surface area (Å²) >= 11 is 0. The van der Waals surface area contributed by atoms with Crippen LogP contribution < -0.4 is 15.4 Å². The van der Waals surface area contributed by atoms with Gasteiger partial charge in [0.2, 0.25) is 15.9 Å². The molecule has 3 N–H and O–H groups in total. The lowest BCUT2D eigenvalue weighted by molar-refractivity contribution is -0.120. The van der Waals surface area contributed by atoms with Crippen LogP contribution in [0.25, 0.3) is 0 Å². The number of nitrogens with one attached hydrogen (secondary N) is 3. The summed E-state index contributed by atoms with van der Waals surface area (Å²) in [6.07, 6.45) is 3.02. The van der Waals surface area contributed by atoms with Gasteiger partial charge in [-0.25, -0.2) is 17.5 Å². The topological polar surface area (TPSA) is 87.3 Å². The van der Waals surface area contributed by atoms with Crippen molar-refractivity contribution in [3.63, 3.8) is 0 Å². The minimum absolute atomic E-state index is 0.104. The number of rotatable bonds is 5. The lowest BCUT2D eigenvalue weighted by Crippen LogP contribution is -2.34. The van der Waals surface area contributed by atoms with Gasteiger partial charge in [-0.1, -0.05) is 0 Å². The quantitative estimate of drug-likeness (QED) is 0.751. The van der Waals surface area contributed by atoms with E-state index in [1.807, 2.05) is 0 Å². The van der Waals surface area contributed by atoms with Crippen LogP contribution in [0.15, 0.2) is 23.1 Å². The molecule has 0 aromatic heterocycles. The summed E-state index contributed by atoms with van der Waals surface area (Å²) in [5, 5.41) is 5.87. The van der Waals surface area contributed by atoms with Crippen molar-refractivity contribution >= 4 is 21.6 Å². The Hall–Kier alpha value is -1.51. The van der Waals surface area contributed by atoms with Gasteiger partial charge in [-0.05, 0) is 57.0 Å². The van der Waals surface area contributed by atoms with E-state index in [0.717, 1.165) is 44.8 Å². The normalized spacial score (nSPS) is 19.5. The van der Waals surface area contributed by atoms with Gasteiger partial charge in [0.05, 0.1) is 0 Å². The van der Waals surface area contributed by atoms with Gasteiger partial charge in [0, 0.05) is 17.6 Å². The number of carbonyl (C=O) groups excluding carboxylic acids is 1. The highest BCUT2D eigenvalue weighted by molar-refractivity contribution is 7.89. The van der Waals surface area contributed by atoms with Gasteiger partial charge in [-0.3, -0.25) is 4.79 Å². The lowest BCUT2D eigenvalue weighted by atomic mass is 9.97. The van der Waals surface area contributed by atoms with Crippen molar-refractivity contribution in [1.29, 1.82) is 0 Å². The Bertz CT molecular complexity index is 698. The zero-order valence-electron chi connectivity index (χ0n) is 12.6. The fourth-order valence-electron chi connectivity index (χ4n) is 2.60. The van der Waals surface area contributed by atoms with Gasteiger partial charge in [-0.2, -0.15) is 0 Å². The third kappa shape index (κ3) is 4.07. The Morgan fingerprint density at radius 2 is 1.87 bits per heavy atom. The summed E-state index contributed by atoms with van der Waals surface area (Å²) < 4.78 is 40.7. The Balaban J connectivity index is 1.75. The van der Waals surface area contributed by atoms with E-state index in [9.17, 15) is 17.6 Å². The Kier molecular flexibility index (Phi) is 4.65. The number of piperidine rings is 1. The van der Waals surface area contributed by atoms with Crippen molar-refractivity contribution in [2.24, 2.45) is 5.92 Å². The Morgan fingerprint density at radius 1 is 1.17 bits per heavy atom. The summed E-state index contributed by atoms with van der Waals surface area (Å²) in [6.45, 7) is 1.57. The van der Waals surface area contributed by atoms with Crippen LogP contribution in [-0.4, -0.2) is 33.5 Å². The van der Waals surface area contributed by atoms with E-state index in [-0.39, 0.29) is 17.9 Å². The lowest BCUT2D eigenvalue weighted by Gasteiger charge is -2.21. The molecule has 1 aromatic rings. The predicted octanol–water partition coefficient (Wildman–Crippen LogP) is 1.20.